The van der Waals surface area contributed by atoms with E-state index in [2.05, 4.69) is 15.2 Å². The van der Waals surface area contributed by atoms with Crippen molar-refractivity contribution in [3.05, 3.63) is 58.4 Å². The Bertz CT molecular complexity index is 1390. The molecule has 1 saturated carbocycles. The number of rotatable bonds is 5. The van der Waals surface area contributed by atoms with Crippen molar-refractivity contribution in [1.82, 2.24) is 25.0 Å². The van der Waals surface area contributed by atoms with Crippen LogP contribution in [0.15, 0.2) is 30.3 Å². The molecular weight excluding hydrogens is 516 g/mol. The predicted octanol–water partition coefficient (Wildman–Crippen LogP) is 4.32. The number of amides is 3. The van der Waals surface area contributed by atoms with Gasteiger partial charge in [0, 0.05) is 11.6 Å². The number of aromatic hydroxyl groups is 1. The molecule has 3 aromatic rings. The van der Waals surface area contributed by atoms with Gasteiger partial charge in [-0.2, -0.15) is 13.2 Å². The number of benzene rings is 1. The first-order chi connectivity index (χ1) is 16.9. The smallest absolute Gasteiger partial charge is 0.413 e. The van der Waals surface area contributed by atoms with Gasteiger partial charge in [0.2, 0.25) is 5.88 Å². The zero-order valence-corrected chi connectivity index (χ0v) is 18.6. The lowest BCUT2D eigenvalue weighted by Crippen LogP contribution is -2.43. The van der Waals surface area contributed by atoms with Gasteiger partial charge in [0.1, 0.15) is 27.9 Å². The molecule has 1 saturated heterocycles. The van der Waals surface area contributed by atoms with E-state index >= 15 is 0 Å². The number of pyridine rings is 1. The highest BCUT2D eigenvalue weighted by Gasteiger charge is 2.68. The van der Waals surface area contributed by atoms with Gasteiger partial charge in [0.05, 0.1) is 6.54 Å². The predicted molar refractivity (Wildman–Crippen MR) is 110 cm³/mol. The van der Waals surface area contributed by atoms with Gasteiger partial charge in [0.25, 0.3) is 5.91 Å². The molecule has 1 spiro atoms. The lowest BCUT2D eigenvalue weighted by Gasteiger charge is -2.28. The lowest BCUT2D eigenvalue weighted by molar-refractivity contribution is -0.183. The van der Waals surface area contributed by atoms with Crippen LogP contribution < -0.4 is 0 Å². The maximum absolute atomic E-state index is 14.3. The molecule has 8 nitrogen and oxygen atoms in total. The van der Waals surface area contributed by atoms with Crippen LogP contribution in [0.1, 0.15) is 29.5 Å². The number of aromatic nitrogens is 3. The molecule has 36 heavy (non-hydrogen) atoms. The zero-order chi connectivity index (χ0) is 26.0. The molecule has 2 aliphatic rings. The number of urea groups is 1. The summed E-state index contributed by atoms with van der Waals surface area (Å²) in [5.41, 5.74) is -2.55. The third kappa shape index (κ3) is 3.83. The number of carbonyl (C=O) groups excluding carboxylic acids is 2. The molecule has 1 aliphatic heterocycles. The standard InChI is InChI=1S/C21H13F6N5O3S/c22-9-1-2-10(12(24)7-9)15(21(25,26)27)32-18(34)20(5-6-20)31(19(32)35)8-14-29-30-17(36-14)13-4-3-11(23)16(33)28-13/h1-4,7,15H,5-6,8H2,(H,28,33). The number of halogens is 6. The van der Waals surface area contributed by atoms with Crippen LogP contribution in [0.5, 0.6) is 5.88 Å². The Morgan fingerprint density at radius 1 is 1.06 bits per heavy atom. The molecular formula is C21H13F6N5O3S. The van der Waals surface area contributed by atoms with Crippen LogP contribution in [0.25, 0.3) is 10.7 Å². The van der Waals surface area contributed by atoms with Gasteiger partial charge in [-0.05, 0) is 31.0 Å². The number of carbonyl (C=O) groups is 2. The highest BCUT2D eigenvalue weighted by atomic mass is 32.1. The fourth-order valence-corrected chi connectivity index (χ4v) is 4.88. The second-order valence-electron chi connectivity index (χ2n) is 8.19. The van der Waals surface area contributed by atoms with Crippen LogP contribution in [0.3, 0.4) is 0 Å². The van der Waals surface area contributed by atoms with Crippen molar-refractivity contribution in [1.29, 1.82) is 0 Å². The summed E-state index contributed by atoms with van der Waals surface area (Å²) in [4.78, 5) is 30.8. The van der Waals surface area contributed by atoms with Crippen molar-refractivity contribution in [2.24, 2.45) is 0 Å². The van der Waals surface area contributed by atoms with E-state index in [-0.39, 0.29) is 46.1 Å². The summed E-state index contributed by atoms with van der Waals surface area (Å²) in [5, 5.41) is 17.4. The van der Waals surface area contributed by atoms with Gasteiger partial charge in [-0.15, -0.1) is 10.2 Å². The van der Waals surface area contributed by atoms with E-state index in [1.54, 1.807) is 0 Å². The Morgan fingerprint density at radius 2 is 1.78 bits per heavy atom. The van der Waals surface area contributed by atoms with Gasteiger partial charge < -0.3 is 10.0 Å². The molecule has 1 aliphatic carbocycles. The maximum atomic E-state index is 14.3. The van der Waals surface area contributed by atoms with Crippen molar-refractivity contribution in [2.45, 2.75) is 37.1 Å². The number of hydrogen-bond donors (Lipinski definition) is 1. The minimum atomic E-state index is -5.25. The van der Waals surface area contributed by atoms with E-state index < -0.39 is 58.6 Å². The lowest BCUT2D eigenvalue weighted by atomic mass is 10.0. The van der Waals surface area contributed by atoms with Crippen molar-refractivity contribution >= 4 is 23.3 Å². The highest BCUT2D eigenvalue weighted by Crippen LogP contribution is 2.53. The number of nitrogens with zero attached hydrogens (tertiary/aromatic N) is 5. The minimum Gasteiger partial charge on any atom is -0.491 e. The first-order valence-electron chi connectivity index (χ1n) is 10.3. The van der Waals surface area contributed by atoms with E-state index in [0.717, 1.165) is 22.3 Å². The van der Waals surface area contributed by atoms with Crippen LogP contribution in [0.4, 0.5) is 31.1 Å². The summed E-state index contributed by atoms with van der Waals surface area (Å²) in [5.74, 6) is -5.65. The molecule has 1 atom stereocenters. The Labute approximate surface area is 201 Å². The third-order valence-corrected chi connectivity index (χ3v) is 6.86. The summed E-state index contributed by atoms with van der Waals surface area (Å²) in [6.45, 7) is -0.387. The van der Waals surface area contributed by atoms with Gasteiger partial charge >= 0.3 is 12.2 Å². The highest BCUT2D eigenvalue weighted by molar-refractivity contribution is 7.14. The van der Waals surface area contributed by atoms with Crippen molar-refractivity contribution in [3.63, 3.8) is 0 Å². The van der Waals surface area contributed by atoms with Crippen LogP contribution in [-0.4, -0.2) is 53.7 Å². The Balaban J connectivity index is 1.47. The Morgan fingerprint density at radius 3 is 2.39 bits per heavy atom. The van der Waals surface area contributed by atoms with Crippen LogP contribution in [-0.2, 0) is 11.3 Å². The second kappa shape index (κ2) is 8.15. The summed E-state index contributed by atoms with van der Waals surface area (Å²) >= 11 is 0.869. The molecule has 0 radical (unpaired) electrons. The molecule has 3 heterocycles. The van der Waals surface area contributed by atoms with Gasteiger partial charge in [-0.1, -0.05) is 17.4 Å². The van der Waals surface area contributed by atoms with E-state index in [1.807, 2.05) is 0 Å². The van der Waals surface area contributed by atoms with E-state index in [0.29, 0.717) is 12.1 Å². The monoisotopic (exact) mass is 529 g/mol. The van der Waals surface area contributed by atoms with Crippen LogP contribution in [0, 0.1) is 17.5 Å². The SMILES string of the molecule is O=C1N(C(c2ccc(F)cc2F)C(F)(F)F)C(=O)C2(CC2)N1Cc1nnc(-c2ccc(F)c(O)n2)s1. The largest absolute Gasteiger partial charge is 0.491 e. The number of imide groups is 1. The molecule has 2 aromatic heterocycles. The molecule has 3 amide bonds. The maximum Gasteiger partial charge on any atom is 0.413 e. The number of hydrogen-bond acceptors (Lipinski definition) is 7. The summed E-state index contributed by atoms with van der Waals surface area (Å²) < 4.78 is 83.1. The zero-order valence-electron chi connectivity index (χ0n) is 17.8. The molecule has 1 aromatic carbocycles. The van der Waals surface area contributed by atoms with E-state index in [1.165, 1.54) is 6.07 Å². The Kier molecular flexibility index (Phi) is 5.42. The third-order valence-electron chi connectivity index (χ3n) is 5.93. The molecule has 2 fully saturated rings. The second-order valence-corrected chi connectivity index (χ2v) is 9.25. The fraction of sp³-hybridized carbons (Fsp3) is 0.286. The summed E-state index contributed by atoms with van der Waals surface area (Å²) in [7, 11) is 0. The summed E-state index contributed by atoms with van der Waals surface area (Å²) in [6, 6.07) is -0.697. The minimum absolute atomic E-state index is 0.0369. The van der Waals surface area contributed by atoms with Crippen molar-refractivity contribution in [2.75, 3.05) is 0 Å². The quantitative estimate of drug-likeness (QED) is 0.391. The molecule has 1 N–H and O–H groups in total. The average Bonchev–Trinajstić information content (AvgIpc) is 3.42. The van der Waals surface area contributed by atoms with E-state index in [4.69, 9.17) is 0 Å². The van der Waals surface area contributed by atoms with Crippen molar-refractivity contribution in [3.8, 4) is 16.6 Å². The first kappa shape index (κ1) is 24.0. The van der Waals surface area contributed by atoms with Crippen molar-refractivity contribution < 1.29 is 41.0 Å². The van der Waals surface area contributed by atoms with E-state index in [9.17, 15) is 41.0 Å². The topological polar surface area (TPSA) is 99.5 Å². The van der Waals surface area contributed by atoms with Crippen LogP contribution in [0.2, 0.25) is 0 Å². The Hall–Kier alpha value is -3.75. The first-order valence-corrected chi connectivity index (χ1v) is 11.1. The fourth-order valence-electron chi connectivity index (χ4n) is 4.08. The molecule has 0 bridgehead atoms. The average molecular weight is 529 g/mol. The van der Waals surface area contributed by atoms with Gasteiger partial charge in [-0.3, -0.25) is 4.79 Å². The number of alkyl halides is 3. The molecule has 15 heteroatoms. The van der Waals surface area contributed by atoms with Crippen LogP contribution >= 0.6 is 11.3 Å². The summed E-state index contributed by atoms with van der Waals surface area (Å²) in [6.07, 6.45) is -5.07. The molecule has 1 unspecified atom stereocenters. The molecule has 188 valence electrons. The van der Waals surface area contributed by atoms with Gasteiger partial charge in [0.15, 0.2) is 16.9 Å². The normalized spacial score (nSPS) is 17.8. The van der Waals surface area contributed by atoms with Gasteiger partial charge in [-0.25, -0.2) is 27.8 Å². The molecule has 5 rings (SSSR count).